The summed E-state index contributed by atoms with van der Waals surface area (Å²) in [4.78, 5) is 11.1. The van der Waals surface area contributed by atoms with Gasteiger partial charge in [0.25, 0.3) is 0 Å². The molecule has 118 valence electrons. The van der Waals surface area contributed by atoms with E-state index in [1.54, 1.807) is 14.0 Å². The summed E-state index contributed by atoms with van der Waals surface area (Å²) in [5, 5.41) is 3.41. The lowest BCUT2D eigenvalue weighted by Crippen LogP contribution is -2.35. The Morgan fingerprint density at radius 3 is 2.57 bits per heavy atom. The van der Waals surface area contributed by atoms with Gasteiger partial charge in [-0.1, -0.05) is 6.92 Å². The number of hydrogen-bond donors (Lipinski definition) is 2. The first kappa shape index (κ1) is 17.3. The Balaban J connectivity index is 2.83. The van der Waals surface area contributed by atoms with Gasteiger partial charge in [0.15, 0.2) is 0 Å². The van der Waals surface area contributed by atoms with Gasteiger partial charge in [0.05, 0.1) is 19.6 Å². The van der Waals surface area contributed by atoms with Crippen LogP contribution in [-0.4, -0.2) is 25.2 Å². The lowest BCUT2D eigenvalue weighted by atomic mass is 10.1. The van der Waals surface area contributed by atoms with E-state index in [0.717, 1.165) is 17.1 Å². The SMILES string of the molecule is COc1ccc(OCC(C)C(N)=O)c(CNC(C)(C)C)c1. The number of amides is 1. The van der Waals surface area contributed by atoms with E-state index in [1.807, 2.05) is 18.2 Å². The minimum atomic E-state index is -0.363. The van der Waals surface area contributed by atoms with Crippen LogP contribution in [0.5, 0.6) is 11.5 Å². The van der Waals surface area contributed by atoms with Crippen LogP contribution in [0.4, 0.5) is 0 Å². The molecule has 1 aromatic carbocycles. The molecule has 0 saturated carbocycles. The number of nitrogens with two attached hydrogens (primary N) is 1. The average Bonchev–Trinajstić information content (AvgIpc) is 2.41. The van der Waals surface area contributed by atoms with E-state index in [4.69, 9.17) is 15.2 Å². The second kappa shape index (κ2) is 7.31. The summed E-state index contributed by atoms with van der Waals surface area (Å²) in [6, 6.07) is 5.63. The van der Waals surface area contributed by atoms with Gasteiger partial charge in [0.2, 0.25) is 5.91 Å². The molecule has 0 fully saturated rings. The van der Waals surface area contributed by atoms with Crippen molar-refractivity contribution in [3.05, 3.63) is 23.8 Å². The predicted molar refractivity (Wildman–Crippen MR) is 83.4 cm³/mol. The number of carbonyl (C=O) groups excluding carboxylic acids is 1. The molecule has 3 N–H and O–H groups in total. The molecule has 1 aromatic rings. The molecule has 1 atom stereocenters. The summed E-state index contributed by atoms with van der Waals surface area (Å²) in [6.07, 6.45) is 0. The van der Waals surface area contributed by atoms with Gasteiger partial charge in [-0.3, -0.25) is 4.79 Å². The maximum Gasteiger partial charge on any atom is 0.223 e. The Morgan fingerprint density at radius 1 is 1.38 bits per heavy atom. The van der Waals surface area contributed by atoms with Crippen molar-refractivity contribution in [2.75, 3.05) is 13.7 Å². The molecule has 0 spiro atoms. The molecule has 0 aliphatic carbocycles. The van der Waals surface area contributed by atoms with Crippen LogP contribution < -0.4 is 20.5 Å². The van der Waals surface area contributed by atoms with Gasteiger partial charge in [-0.2, -0.15) is 0 Å². The van der Waals surface area contributed by atoms with Crippen LogP contribution in [-0.2, 0) is 11.3 Å². The highest BCUT2D eigenvalue weighted by Crippen LogP contribution is 2.25. The average molecular weight is 294 g/mol. The zero-order valence-electron chi connectivity index (χ0n) is 13.5. The van der Waals surface area contributed by atoms with Gasteiger partial charge in [-0.15, -0.1) is 0 Å². The van der Waals surface area contributed by atoms with Crippen LogP contribution in [0.2, 0.25) is 0 Å². The minimum absolute atomic E-state index is 0.000856. The maximum absolute atomic E-state index is 11.1. The molecule has 0 radical (unpaired) electrons. The lowest BCUT2D eigenvalue weighted by Gasteiger charge is -2.22. The lowest BCUT2D eigenvalue weighted by molar-refractivity contribution is -0.122. The van der Waals surface area contributed by atoms with Crippen molar-refractivity contribution in [3.8, 4) is 11.5 Å². The van der Waals surface area contributed by atoms with Gasteiger partial charge in [-0.05, 0) is 39.0 Å². The summed E-state index contributed by atoms with van der Waals surface area (Å²) in [5.74, 6) is 0.824. The number of benzene rings is 1. The Morgan fingerprint density at radius 2 is 2.05 bits per heavy atom. The summed E-state index contributed by atoms with van der Waals surface area (Å²) in [7, 11) is 1.63. The third-order valence-corrected chi connectivity index (χ3v) is 3.05. The van der Waals surface area contributed by atoms with Crippen LogP contribution in [0.25, 0.3) is 0 Å². The summed E-state index contributed by atoms with van der Waals surface area (Å²) >= 11 is 0. The Labute approximate surface area is 126 Å². The molecule has 0 bridgehead atoms. The van der Waals surface area contributed by atoms with Gasteiger partial charge < -0.3 is 20.5 Å². The predicted octanol–water partition coefficient (Wildman–Crippen LogP) is 2.08. The smallest absolute Gasteiger partial charge is 0.223 e. The van der Waals surface area contributed by atoms with E-state index in [-0.39, 0.29) is 24.0 Å². The number of methoxy groups -OCH3 is 1. The Bertz CT molecular complexity index is 481. The molecule has 5 heteroatoms. The topological polar surface area (TPSA) is 73.6 Å². The molecule has 0 aliphatic heterocycles. The van der Waals surface area contributed by atoms with Crippen molar-refractivity contribution in [2.45, 2.75) is 39.8 Å². The zero-order valence-corrected chi connectivity index (χ0v) is 13.5. The second-order valence-electron chi connectivity index (χ2n) is 6.19. The van der Waals surface area contributed by atoms with Crippen molar-refractivity contribution >= 4 is 5.91 Å². The van der Waals surface area contributed by atoms with Crippen LogP contribution in [0.15, 0.2) is 18.2 Å². The van der Waals surface area contributed by atoms with Crippen molar-refractivity contribution in [1.29, 1.82) is 0 Å². The molecule has 1 unspecified atom stereocenters. The first-order valence-electron chi connectivity index (χ1n) is 7.07. The maximum atomic E-state index is 11.1. The molecule has 0 heterocycles. The largest absolute Gasteiger partial charge is 0.497 e. The number of hydrogen-bond acceptors (Lipinski definition) is 4. The van der Waals surface area contributed by atoms with Gasteiger partial charge in [0, 0.05) is 17.6 Å². The molecule has 0 aromatic heterocycles. The molecule has 1 rings (SSSR count). The highest BCUT2D eigenvalue weighted by atomic mass is 16.5. The molecular formula is C16H26N2O3. The highest BCUT2D eigenvalue weighted by molar-refractivity contribution is 5.76. The molecule has 5 nitrogen and oxygen atoms in total. The minimum Gasteiger partial charge on any atom is -0.497 e. The summed E-state index contributed by atoms with van der Waals surface area (Å²) in [6.45, 7) is 8.97. The fraction of sp³-hybridized carbons (Fsp3) is 0.562. The molecule has 1 amide bonds. The van der Waals surface area contributed by atoms with Crippen LogP contribution in [0.1, 0.15) is 33.3 Å². The van der Waals surface area contributed by atoms with Crippen LogP contribution in [0.3, 0.4) is 0 Å². The fourth-order valence-electron chi connectivity index (χ4n) is 1.62. The van der Waals surface area contributed by atoms with Gasteiger partial charge >= 0.3 is 0 Å². The van der Waals surface area contributed by atoms with E-state index >= 15 is 0 Å². The second-order valence-corrected chi connectivity index (χ2v) is 6.19. The standard InChI is InChI=1S/C16H26N2O3/c1-11(15(17)19)10-21-14-7-6-13(20-5)8-12(14)9-18-16(2,3)4/h6-8,11,18H,9-10H2,1-5H3,(H2,17,19). The van der Waals surface area contributed by atoms with Crippen molar-refractivity contribution < 1.29 is 14.3 Å². The van der Waals surface area contributed by atoms with Gasteiger partial charge in [0.1, 0.15) is 11.5 Å². The van der Waals surface area contributed by atoms with Crippen molar-refractivity contribution in [3.63, 3.8) is 0 Å². The quantitative estimate of drug-likeness (QED) is 0.807. The number of rotatable bonds is 7. The molecular weight excluding hydrogens is 268 g/mol. The number of nitrogens with one attached hydrogen (secondary N) is 1. The number of primary amides is 1. The monoisotopic (exact) mass is 294 g/mol. The van der Waals surface area contributed by atoms with E-state index < -0.39 is 0 Å². The van der Waals surface area contributed by atoms with Crippen LogP contribution >= 0.6 is 0 Å². The molecule has 0 aliphatic rings. The Hall–Kier alpha value is -1.75. The zero-order chi connectivity index (χ0) is 16.0. The first-order chi connectivity index (χ1) is 9.73. The summed E-state index contributed by atoms with van der Waals surface area (Å²) in [5.41, 5.74) is 6.24. The van der Waals surface area contributed by atoms with Gasteiger partial charge in [-0.25, -0.2) is 0 Å². The normalized spacial score (nSPS) is 12.8. The third-order valence-electron chi connectivity index (χ3n) is 3.05. The van der Waals surface area contributed by atoms with E-state index in [2.05, 4.69) is 26.1 Å². The van der Waals surface area contributed by atoms with E-state index in [1.165, 1.54) is 0 Å². The van der Waals surface area contributed by atoms with E-state index in [9.17, 15) is 4.79 Å². The number of ether oxygens (including phenoxy) is 2. The first-order valence-corrected chi connectivity index (χ1v) is 7.07. The molecule has 21 heavy (non-hydrogen) atoms. The highest BCUT2D eigenvalue weighted by Gasteiger charge is 2.14. The fourth-order valence-corrected chi connectivity index (χ4v) is 1.62. The van der Waals surface area contributed by atoms with Crippen molar-refractivity contribution in [2.24, 2.45) is 11.7 Å². The molecule has 0 saturated heterocycles. The Kier molecular flexibility index (Phi) is 6.03. The van der Waals surface area contributed by atoms with Crippen molar-refractivity contribution in [1.82, 2.24) is 5.32 Å². The van der Waals surface area contributed by atoms with Crippen LogP contribution in [0, 0.1) is 5.92 Å². The summed E-state index contributed by atoms with van der Waals surface area (Å²) < 4.78 is 11.0. The third kappa shape index (κ3) is 6.04. The van der Waals surface area contributed by atoms with E-state index in [0.29, 0.717) is 6.54 Å². The number of carbonyl (C=O) groups is 1.